The average Bonchev–Trinajstić information content (AvgIpc) is 3.50. The molecular weight excluding hydrogens is 569 g/mol. The van der Waals surface area contributed by atoms with Gasteiger partial charge in [-0.2, -0.15) is 0 Å². The van der Waals surface area contributed by atoms with Crippen LogP contribution in [0.15, 0.2) is 146 Å². The second kappa shape index (κ2) is 10.4. The molecule has 45 heavy (non-hydrogen) atoms. The van der Waals surface area contributed by atoms with Crippen molar-refractivity contribution in [2.75, 3.05) is 0 Å². The van der Waals surface area contributed by atoms with E-state index in [1.54, 1.807) is 11.3 Å². The van der Waals surface area contributed by atoms with E-state index < -0.39 is 0 Å². The molecule has 0 atom stereocenters. The summed E-state index contributed by atoms with van der Waals surface area (Å²) in [5, 5.41) is 7.18. The summed E-state index contributed by atoms with van der Waals surface area (Å²) < 4.78 is 2.41. The standard InChI is InChI=1S/C40H24N4S/c1-3-9-26(10-4-1)38-42-39(27-11-5-2-6-12-27)44-40(43-38)35-23-30(22-34-32-13-7-8-14-36(32)45-37(34)35)28-17-15-25-16-18-29-24-41-20-19-31(29)33(25)21-28/h1-24H. The highest BCUT2D eigenvalue weighted by Gasteiger charge is 2.18. The Bertz CT molecular complexity index is 2480. The average molecular weight is 593 g/mol. The molecule has 3 heterocycles. The van der Waals surface area contributed by atoms with Crippen LogP contribution in [0.1, 0.15) is 0 Å². The Labute approximate surface area is 263 Å². The molecule has 0 amide bonds. The van der Waals surface area contributed by atoms with Crippen LogP contribution < -0.4 is 0 Å². The van der Waals surface area contributed by atoms with Crippen molar-refractivity contribution in [2.45, 2.75) is 0 Å². The highest BCUT2D eigenvalue weighted by atomic mass is 32.1. The molecule has 0 saturated carbocycles. The SMILES string of the molecule is c1ccc(-c2nc(-c3ccccc3)nc(-c3cc(-c4ccc5ccc6cnccc6c5c4)cc4c3sc3ccccc34)n2)cc1. The highest BCUT2D eigenvalue weighted by molar-refractivity contribution is 7.26. The Kier molecular flexibility index (Phi) is 5.96. The van der Waals surface area contributed by atoms with E-state index in [9.17, 15) is 0 Å². The minimum atomic E-state index is 0.657. The number of pyridine rings is 1. The van der Waals surface area contributed by atoms with E-state index in [4.69, 9.17) is 15.0 Å². The summed E-state index contributed by atoms with van der Waals surface area (Å²) in [6.07, 6.45) is 3.80. The van der Waals surface area contributed by atoms with E-state index in [0.717, 1.165) is 33.2 Å². The Balaban J connectivity index is 1.34. The fourth-order valence-electron chi connectivity index (χ4n) is 6.17. The molecule has 0 radical (unpaired) electrons. The predicted octanol–water partition coefficient (Wildman–Crippen LogP) is 10.6. The van der Waals surface area contributed by atoms with Crippen molar-refractivity contribution >= 4 is 53.1 Å². The lowest BCUT2D eigenvalue weighted by Gasteiger charge is -2.12. The lowest BCUT2D eigenvalue weighted by Crippen LogP contribution is -2.00. The maximum absolute atomic E-state index is 5.12. The number of benzene rings is 6. The van der Waals surface area contributed by atoms with Gasteiger partial charge in [0.05, 0.1) is 0 Å². The summed E-state index contributed by atoms with van der Waals surface area (Å²) in [5.74, 6) is 1.98. The van der Waals surface area contributed by atoms with Gasteiger partial charge < -0.3 is 0 Å². The number of hydrogen-bond donors (Lipinski definition) is 0. The first-order valence-electron chi connectivity index (χ1n) is 14.9. The van der Waals surface area contributed by atoms with Crippen molar-refractivity contribution in [1.82, 2.24) is 19.9 Å². The molecule has 9 rings (SSSR count). The molecule has 210 valence electrons. The van der Waals surface area contributed by atoms with E-state index in [1.165, 1.54) is 36.3 Å². The molecule has 0 bridgehead atoms. The van der Waals surface area contributed by atoms with Gasteiger partial charge in [-0.25, -0.2) is 15.0 Å². The Morgan fingerprint density at radius 2 is 1.07 bits per heavy atom. The summed E-state index contributed by atoms with van der Waals surface area (Å²) >= 11 is 1.79. The van der Waals surface area contributed by atoms with Crippen molar-refractivity contribution in [3.63, 3.8) is 0 Å². The first-order chi connectivity index (χ1) is 22.3. The molecular formula is C40H24N4S. The van der Waals surface area contributed by atoms with Gasteiger partial charge in [-0.3, -0.25) is 4.98 Å². The van der Waals surface area contributed by atoms with Gasteiger partial charge >= 0.3 is 0 Å². The van der Waals surface area contributed by atoms with Crippen LogP contribution in [0.5, 0.6) is 0 Å². The Morgan fingerprint density at radius 1 is 0.422 bits per heavy atom. The van der Waals surface area contributed by atoms with Crippen LogP contribution >= 0.6 is 11.3 Å². The largest absolute Gasteiger partial charge is 0.264 e. The zero-order valence-electron chi connectivity index (χ0n) is 24.1. The second-order valence-electron chi connectivity index (χ2n) is 11.1. The van der Waals surface area contributed by atoms with Gasteiger partial charge in [0.15, 0.2) is 17.5 Å². The monoisotopic (exact) mass is 592 g/mol. The zero-order chi connectivity index (χ0) is 29.7. The van der Waals surface area contributed by atoms with Gasteiger partial charge in [0, 0.05) is 54.6 Å². The molecule has 9 aromatic rings. The summed E-state index contributed by atoms with van der Waals surface area (Å²) in [6, 6.07) is 46.6. The van der Waals surface area contributed by atoms with Crippen LogP contribution in [0.25, 0.3) is 87.0 Å². The fourth-order valence-corrected chi connectivity index (χ4v) is 7.36. The van der Waals surface area contributed by atoms with E-state index in [2.05, 4.69) is 77.8 Å². The molecule has 0 unspecified atom stereocenters. The summed E-state index contributed by atoms with van der Waals surface area (Å²) in [7, 11) is 0. The third-order valence-electron chi connectivity index (χ3n) is 8.39. The van der Waals surface area contributed by atoms with Gasteiger partial charge in [-0.05, 0) is 57.6 Å². The first-order valence-corrected chi connectivity index (χ1v) is 15.7. The normalized spacial score (nSPS) is 11.6. The van der Waals surface area contributed by atoms with Crippen molar-refractivity contribution in [1.29, 1.82) is 0 Å². The maximum atomic E-state index is 5.12. The van der Waals surface area contributed by atoms with Crippen LogP contribution in [0.3, 0.4) is 0 Å². The number of fused-ring (bicyclic) bond motifs is 6. The van der Waals surface area contributed by atoms with Crippen molar-refractivity contribution < 1.29 is 0 Å². The van der Waals surface area contributed by atoms with Crippen molar-refractivity contribution in [3.8, 4) is 45.3 Å². The number of aromatic nitrogens is 4. The smallest absolute Gasteiger partial charge is 0.165 e. The molecule has 0 spiro atoms. The van der Waals surface area contributed by atoms with Crippen LogP contribution in [0.2, 0.25) is 0 Å². The third kappa shape index (κ3) is 4.44. The molecule has 6 aromatic carbocycles. The maximum Gasteiger partial charge on any atom is 0.165 e. The summed E-state index contributed by atoms with van der Waals surface area (Å²) in [6.45, 7) is 0. The molecule has 0 aliphatic rings. The molecule has 0 saturated heterocycles. The molecule has 0 fully saturated rings. The zero-order valence-corrected chi connectivity index (χ0v) is 24.9. The number of hydrogen-bond acceptors (Lipinski definition) is 5. The number of thiophene rings is 1. The van der Waals surface area contributed by atoms with Gasteiger partial charge in [-0.1, -0.05) is 103 Å². The molecule has 4 nitrogen and oxygen atoms in total. The van der Waals surface area contributed by atoms with Crippen LogP contribution in [-0.2, 0) is 0 Å². The van der Waals surface area contributed by atoms with E-state index >= 15 is 0 Å². The minimum Gasteiger partial charge on any atom is -0.264 e. The number of rotatable bonds is 4. The van der Waals surface area contributed by atoms with Crippen molar-refractivity contribution in [3.05, 3.63) is 146 Å². The molecule has 0 aliphatic heterocycles. The lowest BCUT2D eigenvalue weighted by atomic mass is 9.95. The van der Waals surface area contributed by atoms with Crippen molar-refractivity contribution in [2.24, 2.45) is 0 Å². The van der Waals surface area contributed by atoms with Gasteiger partial charge in [0.2, 0.25) is 0 Å². The second-order valence-corrected chi connectivity index (χ2v) is 12.2. The van der Waals surface area contributed by atoms with Crippen LogP contribution in [-0.4, -0.2) is 19.9 Å². The van der Waals surface area contributed by atoms with Gasteiger partial charge in [0.1, 0.15) is 0 Å². The molecule has 0 N–H and O–H groups in total. The summed E-state index contributed by atoms with van der Waals surface area (Å²) in [5.41, 5.74) is 5.18. The number of nitrogens with zero attached hydrogens (tertiary/aromatic N) is 4. The van der Waals surface area contributed by atoms with Crippen LogP contribution in [0, 0.1) is 0 Å². The van der Waals surface area contributed by atoms with Gasteiger partial charge in [-0.15, -0.1) is 11.3 Å². The van der Waals surface area contributed by atoms with E-state index in [0.29, 0.717) is 17.5 Å². The topological polar surface area (TPSA) is 51.6 Å². The first kappa shape index (κ1) is 25.7. The van der Waals surface area contributed by atoms with E-state index in [1.807, 2.05) is 73.1 Å². The van der Waals surface area contributed by atoms with Crippen LogP contribution in [0.4, 0.5) is 0 Å². The highest BCUT2D eigenvalue weighted by Crippen LogP contribution is 2.43. The Hall–Kier alpha value is -5.78. The Morgan fingerprint density at radius 3 is 1.84 bits per heavy atom. The molecule has 5 heteroatoms. The quantitative estimate of drug-likeness (QED) is 0.191. The minimum absolute atomic E-state index is 0.657. The fraction of sp³-hybridized carbons (Fsp3) is 0. The third-order valence-corrected chi connectivity index (χ3v) is 9.61. The lowest BCUT2D eigenvalue weighted by molar-refractivity contribution is 1.08. The van der Waals surface area contributed by atoms with E-state index in [-0.39, 0.29) is 0 Å². The van der Waals surface area contributed by atoms with Gasteiger partial charge in [0.25, 0.3) is 0 Å². The summed E-state index contributed by atoms with van der Waals surface area (Å²) in [4.78, 5) is 19.5. The predicted molar refractivity (Wildman–Crippen MR) is 187 cm³/mol. The molecule has 3 aromatic heterocycles. The molecule has 0 aliphatic carbocycles.